The molecule has 1 saturated heterocycles. The Labute approximate surface area is 173 Å². The SMILES string of the molecule is Cc1cccc(CC(=O)N2CCNC(=O)[C@H]3CCCC[C@H]3N(S(C)(=O)=O)CC2)c1. The van der Waals surface area contributed by atoms with Gasteiger partial charge in [0.25, 0.3) is 0 Å². The minimum atomic E-state index is -3.49. The molecule has 1 heterocycles. The Kier molecular flexibility index (Phi) is 6.95. The number of nitrogens with one attached hydrogen (secondary N) is 1. The Morgan fingerprint density at radius 1 is 1.17 bits per heavy atom. The van der Waals surface area contributed by atoms with Crippen LogP contribution in [0.4, 0.5) is 0 Å². The minimum absolute atomic E-state index is 0.0564. The molecule has 3 rings (SSSR count). The van der Waals surface area contributed by atoms with Gasteiger partial charge in [-0.3, -0.25) is 9.59 Å². The lowest BCUT2D eigenvalue weighted by Gasteiger charge is -2.39. The van der Waals surface area contributed by atoms with Gasteiger partial charge in [-0.2, -0.15) is 4.31 Å². The molecule has 2 amide bonds. The highest BCUT2D eigenvalue weighted by Gasteiger charge is 2.39. The molecule has 8 heteroatoms. The number of rotatable bonds is 3. The molecule has 1 aromatic carbocycles. The van der Waals surface area contributed by atoms with E-state index in [2.05, 4.69) is 5.32 Å². The number of hydrogen-bond acceptors (Lipinski definition) is 4. The summed E-state index contributed by atoms with van der Waals surface area (Å²) >= 11 is 0. The lowest BCUT2D eigenvalue weighted by molar-refractivity contribution is -0.133. The van der Waals surface area contributed by atoms with Crippen LogP contribution in [0.5, 0.6) is 0 Å². The second kappa shape index (κ2) is 9.26. The van der Waals surface area contributed by atoms with Crippen LogP contribution in [0.2, 0.25) is 0 Å². The third-order valence-electron chi connectivity index (χ3n) is 5.92. The van der Waals surface area contributed by atoms with Crippen LogP contribution in [0.25, 0.3) is 0 Å². The second-order valence-corrected chi connectivity index (χ2v) is 10.1. The lowest BCUT2D eigenvalue weighted by Crippen LogP contribution is -2.55. The summed E-state index contributed by atoms with van der Waals surface area (Å²) in [5, 5.41) is 2.93. The van der Waals surface area contributed by atoms with Gasteiger partial charge in [-0.25, -0.2) is 8.42 Å². The summed E-state index contributed by atoms with van der Waals surface area (Å²) < 4.78 is 26.5. The maximum atomic E-state index is 12.9. The zero-order valence-electron chi connectivity index (χ0n) is 17.3. The highest BCUT2D eigenvalue weighted by molar-refractivity contribution is 7.88. The summed E-state index contributed by atoms with van der Waals surface area (Å²) in [6.45, 7) is 3.31. The van der Waals surface area contributed by atoms with Gasteiger partial charge in [0.05, 0.1) is 18.6 Å². The molecule has 1 N–H and O–H groups in total. The summed E-state index contributed by atoms with van der Waals surface area (Å²) in [6, 6.07) is 7.48. The van der Waals surface area contributed by atoms with Gasteiger partial charge in [-0.15, -0.1) is 0 Å². The molecule has 160 valence electrons. The quantitative estimate of drug-likeness (QED) is 0.797. The number of nitrogens with zero attached hydrogens (tertiary/aromatic N) is 2. The van der Waals surface area contributed by atoms with Crippen LogP contribution in [-0.2, 0) is 26.0 Å². The molecule has 1 aliphatic carbocycles. The molecule has 0 radical (unpaired) electrons. The summed E-state index contributed by atoms with van der Waals surface area (Å²) in [7, 11) is -3.49. The van der Waals surface area contributed by atoms with Crippen molar-refractivity contribution >= 4 is 21.8 Å². The van der Waals surface area contributed by atoms with Crippen LogP contribution in [-0.4, -0.2) is 67.9 Å². The minimum Gasteiger partial charge on any atom is -0.354 e. The van der Waals surface area contributed by atoms with Crippen LogP contribution in [0.1, 0.15) is 36.8 Å². The van der Waals surface area contributed by atoms with Gasteiger partial charge < -0.3 is 10.2 Å². The number of carbonyl (C=O) groups excluding carboxylic acids is 2. The summed E-state index contributed by atoms with van der Waals surface area (Å²) in [5.74, 6) is -0.469. The van der Waals surface area contributed by atoms with E-state index in [1.165, 1.54) is 10.6 Å². The number of benzene rings is 1. The normalized spacial score (nSPS) is 24.5. The lowest BCUT2D eigenvalue weighted by atomic mass is 9.83. The van der Waals surface area contributed by atoms with Crippen molar-refractivity contribution in [1.29, 1.82) is 0 Å². The highest BCUT2D eigenvalue weighted by Crippen LogP contribution is 2.30. The predicted molar refractivity (Wildman–Crippen MR) is 112 cm³/mol. The number of amides is 2. The van der Waals surface area contributed by atoms with E-state index in [9.17, 15) is 18.0 Å². The largest absolute Gasteiger partial charge is 0.354 e. The van der Waals surface area contributed by atoms with E-state index < -0.39 is 10.0 Å². The average molecular weight is 422 g/mol. The van der Waals surface area contributed by atoms with Crippen LogP contribution in [0, 0.1) is 12.8 Å². The second-order valence-electron chi connectivity index (χ2n) is 8.17. The Morgan fingerprint density at radius 2 is 1.93 bits per heavy atom. The summed E-state index contributed by atoms with van der Waals surface area (Å²) in [6.07, 6.45) is 4.70. The van der Waals surface area contributed by atoms with Crippen molar-refractivity contribution in [1.82, 2.24) is 14.5 Å². The molecule has 2 fully saturated rings. The highest BCUT2D eigenvalue weighted by atomic mass is 32.2. The molecular weight excluding hydrogens is 390 g/mol. The smallest absolute Gasteiger partial charge is 0.227 e. The van der Waals surface area contributed by atoms with E-state index in [-0.39, 0.29) is 36.7 Å². The van der Waals surface area contributed by atoms with Crippen LogP contribution < -0.4 is 5.32 Å². The number of fused-ring (bicyclic) bond motifs is 1. The maximum Gasteiger partial charge on any atom is 0.227 e. The van der Waals surface area contributed by atoms with Crippen molar-refractivity contribution < 1.29 is 18.0 Å². The molecule has 29 heavy (non-hydrogen) atoms. The number of aryl methyl sites for hydroxylation is 1. The van der Waals surface area contributed by atoms with Crippen molar-refractivity contribution in [3.8, 4) is 0 Å². The van der Waals surface area contributed by atoms with E-state index in [0.29, 0.717) is 32.5 Å². The molecule has 1 aromatic rings. The van der Waals surface area contributed by atoms with Gasteiger partial charge in [-0.05, 0) is 25.3 Å². The molecule has 2 aliphatic rings. The number of sulfonamides is 1. The van der Waals surface area contributed by atoms with E-state index >= 15 is 0 Å². The fourth-order valence-electron chi connectivity index (χ4n) is 4.47. The molecule has 7 nitrogen and oxygen atoms in total. The van der Waals surface area contributed by atoms with Crippen molar-refractivity contribution in [2.24, 2.45) is 5.92 Å². The maximum absolute atomic E-state index is 12.9. The first-order chi connectivity index (χ1) is 13.8. The van der Waals surface area contributed by atoms with E-state index in [4.69, 9.17) is 0 Å². The predicted octanol–water partition coefficient (Wildman–Crippen LogP) is 1.32. The Balaban J connectivity index is 1.78. The van der Waals surface area contributed by atoms with Crippen LogP contribution >= 0.6 is 0 Å². The molecular formula is C21H31N3O4S. The van der Waals surface area contributed by atoms with Crippen molar-refractivity contribution in [3.63, 3.8) is 0 Å². The molecule has 1 aliphatic heterocycles. The Bertz CT molecular complexity index is 855. The van der Waals surface area contributed by atoms with Gasteiger partial charge >= 0.3 is 0 Å². The van der Waals surface area contributed by atoms with E-state index in [1.807, 2.05) is 31.2 Å². The van der Waals surface area contributed by atoms with Crippen molar-refractivity contribution in [2.75, 3.05) is 32.4 Å². The van der Waals surface area contributed by atoms with E-state index in [1.54, 1.807) is 4.90 Å². The fraction of sp³-hybridized carbons (Fsp3) is 0.619. The molecule has 0 aromatic heterocycles. The Hall–Kier alpha value is -1.93. The average Bonchev–Trinajstić information content (AvgIpc) is 2.65. The molecule has 0 bridgehead atoms. The molecule has 0 spiro atoms. The van der Waals surface area contributed by atoms with Gasteiger partial charge in [-0.1, -0.05) is 42.7 Å². The Morgan fingerprint density at radius 3 is 2.66 bits per heavy atom. The van der Waals surface area contributed by atoms with Crippen molar-refractivity contribution in [3.05, 3.63) is 35.4 Å². The third-order valence-corrected chi connectivity index (χ3v) is 7.23. The fourth-order valence-corrected chi connectivity index (χ4v) is 5.63. The first kappa shape index (κ1) is 21.8. The first-order valence-corrected chi connectivity index (χ1v) is 12.2. The zero-order valence-corrected chi connectivity index (χ0v) is 18.1. The number of carbonyl (C=O) groups is 2. The van der Waals surface area contributed by atoms with E-state index in [0.717, 1.165) is 24.0 Å². The zero-order chi connectivity index (χ0) is 21.0. The van der Waals surface area contributed by atoms with Crippen LogP contribution in [0.15, 0.2) is 24.3 Å². The number of hydrogen-bond donors (Lipinski definition) is 1. The van der Waals surface area contributed by atoms with Crippen molar-refractivity contribution in [2.45, 2.75) is 45.1 Å². The summed E-state index contributed by atoms with van der Waals surface area (Å²) in [4.78, 5) is 27.3. The van der Waals surface area contributed by atoms with Gasteiger partial charge in [0.15, 0.2) is 0 Å². The van der Waals surface area contributed by atoms with Gasteiger partial charge in [0, 0.05) is 32.2 Å². The molecule has 0 unspecified atom stereocenters. The molecule has 1 saturated carbocycles. The monoisotopic (exact) mass is 421 g/mol. The standard InChI is InChI=1S/C21H31N3O4S/c1-16-6-5-7-17(14-16)15-20(25)23-11-10-22-21(26)18-8-3-4-9-19(18)24(13-12-23)29(2,27)28/h5-7,14,18-19H,3-4,8-13,15H2,1-2H3,(H,22,26)/t18-,19+/m0/s1. The van der Waals surface area contributed by atoms with Gasteiger partial charge in [0.2, 0.25) is 21.8 Å². The third kappa shape index (κ3) is 5.57. The van der Waals surface area contributed by atoms with Crippen LogP contribution in [0.3, 0.4) is 0 Å². The summed E-state index contributed by atoms with van der Waals surface area (Å²) in [5.41, 5.74) is 2.03. The first-order valence-electron chi connectivity index (χ1n) is 10.3. The topological polar surface area (TPSA) is 86.8 Å². The van der Waals surface area contributed by atoms with Gasteiger partial charge in [0.1, 0.15) is 0 Å². The molecule has 2 atom stereocenters.